The maximum atomic E-state index is 12.6. The number of aryl methyl sites for hydroxylation is 1. The number of rotatable bonds is 6. The number of hydrogen-bond donors (Lipinski definition) is 2. The SMILES string of the molecule is COc1ccc(Cl)cc1NC(=O)CC[C@@H]1CCCN(C(=O)c2cc(C)[nH]n2)C1. The number of aromatic amines is 1. The molecular weight excluding hydrogens is 380 g/mol. The van der Waals surface area contributed by atoms with Gasteiger partial charge in [0.15, 0.2) is 0 Å². The van der Waals surface area contributed by atoms with E-state index in [0.717, 1.165) is 31.5 Å². The molecule has 28 heavy (non-hydrogen) atoms. The molecule has 1 fully saturated rings. The normalized spacial score (nSPS) is 16.7. The third-order valence-corrected chi connectivity index (χ3v) is 5.18. The van der Waals surface area contributed by atoms with Gasteiger partial charge in [0.2, 0.25) is 5.91 Å². The van der Waals surface area contributed by atoms with E-state index in [9.17, 15) is 9.59 Å². The van der Waals surface area contributed by atoms with Crippen LogP contribution in [-0.4, -0.2) is 47.1 Å². The average molecular weight is 405 g/mol. The lowest BCUT2D eigenvalue weighted by molar-refractivity contribution is -0.116. The molecule has 1 atom stereocenters. The Balaban J connectivity index is 1.52. The molecule has 2 N–H and O–H groups in total. The molecule has 0 bridgehead atoms. The Labute approximate surface area is 169 Å². The summed E-state index contributed by atoms with van der Waals surface area (Å²) in [5.74, 6) is 0.723. The first kappa shape index (κ1) is 20.2. The van der Waals surface area contributed by atoms with Gasteiger partial charge in [-0.15, -0.1) is 0 Å². The number of aromatic nitrogens is 2. The molecule has 1 aliphatic heterocycles. The minimum Gasteiger partial charge on any atom is -0.495 e. The van der Waals surface area contributed by atoms with Gasteiger partial charge in [-0.1, -0.05) is 11.6 Å². The summed E-state index contributed by atoms with van der Waals surface area (Å²) in [6, 6.07) is 6.87. The number of carbonyl (C=O) groups is 2. The molecule has 2 heterocycles. The second kappa shape index (κ2) is 9.10. The number of anilines is 1. The molecule has 0 radical (unpaired) electrons. The van der Waals surface area contributed by atoms with Crippen molar-refractivity contribution in [1.82, 2.24) is 15.1 Å². The number of piperidine rings is 1. The van der Waals surface area contributed by atoms with Crippen molar-refractivity contribution >= 4 is 29.1 Å². The van der Waals surface area contributed by atoms with Crippen LogP contribution < -0.4 is 10.1 Å². The van der Waals surface area contributed by atoms with Crippen molar-refractivity contribution < 1.29 is 14.3 Å². The molecule has 3 rings (SSSR count). The molecule has 1 aromatic carbocycles. The fraction of sp³-hybridized carbons (Fsp3) is 0.450. The second-order valence-electron chi connectivity index (χ2n) is 7.13. The number of nitrogens with one attached hydrogen (secondary N) is 2. The zero-order valence-electron chi connectivity index (χ0n) is 16.1. The van der Waals surface area contributed by atoms with Gasteiger partial charge in [-0.2, -0.15) is 5.10 Å². The molecule has 1 aromatic heterocycles. The maximum Gasteiger partial charge on any atom is 0.274 e. The van der Waals surface area contributed by atoms with Crippen molar-refractivity contribution in [3.05, 3.63) is 40.7 Å². The Morgan fingerprint density at radius 2 is 2.21 bits per heavy atom. The first-order chi connectivity index (χ1) is 13.5. The van der Waals surface area contributed by atoms with E-state index < -0.39 is 0 Å². The molecule has 150 valence electrons. The largest absolute Gasteiger partial charge is 0.495 e. The first-order valence-corrected chi connectivity index (χ1v) is 9.78. The van der Waals surface area contributed by atoms with Crippen LogP contribution in [0.25, 0.3) is 0 Å². The van der Waals surface area contributed by atoms with Crippen molar-refractivity contribution in [2.24, 2.45) is 5.92 Å². The fourth-order valence-electron chi connectivity index (χ4n) is 3.50. The maximum absolute atomic E-state index is 12.6. The molecule has 1 saturated heterocycles. The summed E-state index contributed by atoms with van der Waals surface area (Å²) in [5, 5.41) is 10.3. The third-order valence-electron chi connectivity index (χ3n) is 4.95. The van der Waals surface area contributed by atoms with Crippen molar-refractivity contribution in [2.45, 2.75) is 32.6 Å². The Hall–Kier alpha value is -2.54. The van der Waals surface area contributed by atoms with E-state index in [2.05, 4.69) is 15.5 Å². The Bertz CT molecular complexity index is 852. The van der Waals surface area contributed by atoms with Crippen LogP contribution in [0.2, 0.25) is 5.02 Å². The van der Waals surface area contributed by atoms with Crippen molar-refractivity contribution in [1.29, 1.82) is 0 Å². The number of ether oxygens (including phenoxy) is 1. The highest BCUT2D eigenvalue weighted by Gasteiger charge is 2.26. The zero-order valence-corrected chi connectivity index (χ0v) is 16.9. The van der Waals surface area contributed by atoms with E-state index in [1.165, 1.54) is 0 Å². The van der Waals surface area contributed by atoms with Crippen molar-refractivity contribution in [2.75, 3.05) is 25.5 Å². The predicted octanol–water partition coefficient (Wildman–Crippen LogP) is 3.65. The van der Waals surface area contributed by atoms with Crippen LogP contribution in [0.15, 0.2) is 24.3 Å². The summed E-state index contributed by atoms with van der Waals surface area (Å²) in [6.07, 6.45) is 3.04. The van der Waals surface area contributed by atoms with Gasteiger partial charge in [-0.3, -0.25) is 14.7 Å². The standard InChI is InChI=1S/C20H25ClN4O3/c1-13-10-17(24-23-13)20(27)25-9-3-4-14(12-25)5-8-19(26)22-16-11-15(21)6-7-18(16)28-2/h6-7,10-11,14H,3-5,8-9,12H2,1-2H3,(H,22,26)(H,23,24)/t14-/m0/s1. The number of hydrogen-bond acceptors (Lipinski definition) is 4. The quantitative estimate of drug-likeness (QED) is 0.769. The third kappa shape index (κ3) is 5.04. The smallest absolute Gasteiger partial charge is 0.274 e. The first-order valence-electron chi connectivity index (χ1n) is 9.41. The highest BCUT2D eigenvalue weighted by atomic mass is 35.5. The van der Waals surface area contributed by atoms with Gasteiger partial charge in [0.1, 0.15) is 11.4 Å². The summed E-state index contributed by atoms with van der Waals surface area (Å²) in [6.45, 7) is 3.25. The van der Waals surface area contributed by atoms with E-state index in [1.807, 2.05) is 11.8 Å². The van der Waals surface area contributed by atoms with Gasteiger partial charge in [-0.25, -0.2) is 0 Å². The fourth-order valence-corrected chi connectivity index (χ4v) is 3.67. The number of nitrogens with zero attached hydrogens (tertiary/aromatic N) is 2. The highest BCUT2D eigenvalue weighted by molar-refractivity contribution is 6.31. The topological polar surface area (TPSA) is 87.3 Å². The summed E-state index contributed by atoms with van der Waals surface area (Å²) in [7, 11) is 1.55. The number of carbonyl (C=O) groups excluding carboxylic acids is 2. The number of likely N-dealkylation sites (tertiary alicyclic amines) is 1. The second-order valence-corrected chi connectivity index (χ2v) is 7.56. The lowest BCUT2D eigenvalue weighted by Crippen LogP contribution is -2.40. The van der Waals surface area contributed by atoms with Crippen molar-refractivity contribution in [3.63, 3.8) is 0 Å². The molecule has 0 spiro atoms. The molecule has 2 amide bonds. The van der Waals surface area contributed by atoms with Crippen molar-refractivity contribution in [3.8, 4) is 5.75 Å². The lowest BCUT2D eigenvalue weighted by atomic mass is 9.93. The molecule has 1 aliphatic rings. The van der Waals surface area contributed by atoms with E-state index in [0.29, 0.717) is 41.0 Å². The Morgan fingerprint density at radius 1 is 1.39 bits per heavy atom. The van der Waals surface area contributed by atoms with Gasteiger partial charge in [-0.05, 0) is 56.4 Å². The lowest BCUT2D eigenvalue weighted by Gasteiger charge is -2.32. The van der Waals surface area contributed by atoms with Crippen LogP contribution in [-0.2, 0) is 4.79 Å². The summed E-state index contributed by atoms with van der Waals surface area (Å²) in [4.78, 5) is 26.8. The molecule has 8 heteroatoms. The number of halogens is 1. The summed E-state index contributed by atoms with van der Waals surface area (Å²) < 4.78 is 5.25. The minimum atomic E-state index is -0.0908. The van der Waals surface area contributed by atoms with Gasteiger partial charge in [0.25, 0.3) is 5.91 Å². The predicted molar refractivity (Wildman–Crippen MR) is 108 cm³/mol. The van der Waals surface area contributed by atoms with Crippen LogP contribution in [0, 0.1) is 12.8 Å². The average Bonchev–Trinajstić information content (AvgIpc) is 3.12. The number of benzene rings is 1. The van der Waals surface area contributed by atoms with E-state index in [4.69, 9.17) is 16.3 Å². The summed E-state index contributed by atoms with van der Waals surface area (Å²) in [5.41, 5.74) is 1.88. The van der Waals surface area contributed by atoms with Gasteiger partial charge in [0.05, 0.1) is 12.8 Å². The molecule has 0 unspecified atom stereocenters. The molecule has 7 nitrogen and oxygen atoms in total. The highest BCUT2D eigenvalue weighted by Crippen LogP contribution is 2.28. The van der Waals surface area contributed by atoms with Gasteiger partial charge < -0.3 is 15.0 Å². The number of methoxy groups -OCH3 is 1. The molecule has 0 saturated carbocycles. The zero-order chi connectivity index (χ0) is 20.1. The van der Waals surface area contributed by atoms with Crippen LogP contribution in [0.1, 0.15) is 41.9 Å². The van der Waals surface area contributed by atoms with E-state index in [1.54, 1.807) is 31.4 Å². The number of amides is 2. The number of H-pyrrole nitrogens is 1. The van der Waals surface area contributed by atoms with Gasteiger partial charge >= 0.3 is 0 Å². The molecule has 2 aromatic rings. The molecule has 0 aliphatic carbocycles. The molecular formula is C20H25ClN4O3. The van der Waals surface area contributed by atoms with Gasteiger partial charge in [0, 0.05) is 30.2 Å². The Kier molecular flexibility index (Phi) is 6.57. The van der Waals surface area contributed by atoms with E-state index >= 15 is 0 Å². The monoisotopic (exact) mass is 404 g/mol. The Morgan fingerprint density at radius 3 is 2.93 bits per heavy atom. The van der Waals surface area contributed by atoms with Crippen LogP contribution in [0.3, 0.4) is 0 Å². The van der Waals surface area contributed by atoms with Crippen LogP contribution in [0.4, 0.5) is 5.69 Å². The van der Waals surface area contributed by atoms with E-state index in [-0.39, 0.29) is 11.8 Å². The van der Waals surface area contributed by atoms with Crippen LogP contribution in [0.5, 0.6) is 5.75 Å². The minimum absolute atomic E-state index is 0.0536. The van der Waals surface area contributed by atoms with Crippen LogP contribution >= 0.6 is 11.6 Å². The summed E-state index contributed by atoms with van der Waals surface area (Å²) >= 11 is 6.00.